The summed E-state index contributed by atoms with van der Waals surface area (Å²) in [4.78, 5) is 28.9. The third-order valence-electron chi connectivity index (χ3n) is 4.16. The van der Waals surface area contributed by atoms with Gasteiger partial charge in [0.1, 0.15) is 11.4 Å². The Kier molecular flexibility index (Phi) is 2.89. The van der Waals surface area contributed by atoms with Crippen LogP contribution in [0, 0.1) is 0 Å². The minimum absolute atomic E-state index is 0.0571. The van der Waals surface area contributed by atoms with Crippen LogP contribution in [0.3, 0.4) is 0 Å². The summed E-state index contributed by atoms with van der Waals surface area (Å²) in [7, 11) is 0. The first kappa shape index (κ1) is 13.0. The Morgan fingerprint density at radius 3 is 2.59 bits per heavy atom. The van der Waals surface area contributed by atoms with Gasteiger partial charge in [-0.2, -0.15) is 0 Å². The molecule has 0 saturated carbocycles. The molecular weight excluding hydrogens is 276 g/mol. The second-order valence-corrected chi connectivity index (χ2v) is 5.52. The number of rotatable bonds is 1. The maximum Gasteiger partial charge on any atom is 0.194 e. The topological polar surface area (TPSA) is 52.0 Å². The quantitative estimate of drug-likeness (QED) is 0.691. The number of nitrogens with zero attached hydrogens (tertiary/aromatic N) is 2. The van der Waals surface area contributed by atoms with Gasteiger partial charge in [0, 0.05) is 36.0 Å². The van der Waals surface area contributed by atoms with Gasteiger partial charge in [0.2, 0.25) is 0 Å². The molecule has 1 aliphatic rings. The Morgan fingerprint density at radius 2 is 1.77 bits per heavy atom. The number of aromatic nitrogens is 2. The minimum Gasteiger partial charge on any atom is -0.299 e. The molecule has 4 rings (SSSR count). The molecule has 4 heteroatoms. The van der Waals surface area contributed by atoms with Crippen LogP contribution in [-0.2, 0) is 17.6 Å². The number of hydrogen-bond acceptors (Lipinski definition) is 3. The van der Waals surface area contributed by atoms with E-state index in [2.05, 4.69) is 4.98 Å². The van der Waals surface area contributed by atoms with Crippen molar-refractivity contribution in [1.82, 2.24) is 9.55 Å². The zero-order valence-corrected chi connectivity index (χ0v) is 12.0. The number of benzene rings is 1. The molecule has 0 fully saturated rings. The number of carbonyl (C=O) groups is 1. The van der Waals surface area contributed by atoms with Gasteiger partial charge in [0.05, 0.1) is 5.39 Å². The van der Waals surface area contributed by atoms with E-state index < -0.39 is 0 Å². The number of Topliss-reactive ketones (excluding diaryl/α,β-unsaturated/α-hetero) is 1. The molecule has 0 atom stereocenters. The van der Waals surface area contributed by atoms with E-state index in [4.69, 9.17) is 0 Å². The highest BCUT2D eigenvalue weighted by Gasteiger charge is 2.24. The number of pyridine rings is 2. The van der Waals surface area contributed by atoms with Gasteiger partial charge in [-0.15, -0.1) is 0 Å². The van der Waals surface area contributed by atoms with E-state index in [1.54, 1.807) is 18.3 Å². The van der Waals surface area contributed by atoms with E-state index in [1.807, 2.05) is 34.9 Å². The molecule has 0 radical (unpaired) electrons. The van der Waals surface area contributed by atoms with Crippen LogP contribution in [0.15, 0.2) is 53.5 Å². The number of para-hydroxylation sites is 1. The molecule has 108 valence electrons. The summed E-state index contributed by atoms with van der Waals surface area (Å²) in [5, 5.41) is 0.569. The van der Waals surface area contributed by atoms with Gasteiger partial charge < -0.3 is 0 Å². The molecule has 0 amide bonds. The van der Waals surface area contributed by atoms with Crippen LogP contribution >= 0.6 is 0 Å². The average Bonchev–Trinajstić information content (AvgIpc) is 2.57. The van der Waals surface area contributed by atoms with Crippen molar-refractivity contribution < 1.29 is 4.79 Å². The molecule has 4 nitrogen and oxygen atoms in total. The average molecular weight is 290 g/mol. The molecule has 3 aromatic rings. The van der Waals surface area contributed by atoms with Crippen LogP contribution in [-0.4, -0.2) is 15.3 Å². The summed E-state index contributed by atoms with van der Waals surface area (Å²) in [5.41, 5.74) is 3.12. The van der Waals surface area contributed by atoms with Crippen molar-refractivity contribution in [3.63, 3.8) is 0 Å². The smallest absolute Gasteiger partial charge is 0.194 e. The minimum atomic E-state index is -0.0571. The lowest BCUT2D eigenvalue weighted by Crippen LogP contribution is -2.27. The summed E-state index contributed by atoms with van der Waals surface area (Å²) in [5.74, 6) is 0.132. The van der Waals surface area contributed by atoms with Crippen LogP contribution in [0.2, 0.25) is 0 Å². The molecule has 0 spiro atoms. The van der Waals surface area contributed by atoms with Gasteiger partial charge in [-0.25, -0.2) is 4.98 Å². The van der Waals surface area contributed by atoms with Crippen molar-refractivity contribution in [2.45, 2.75) is 19.3 Å². The Bertz CT molecular complexity index is 942. The van der Waals surface area contributed by atoms with Crippen LogP contribution in [0.4, 0.5) is 0 Å². The lowest BCUT2D eigenvalue weighted by Gasteiger charge is -2.22. The molecule has 22 heavy (non-hydrogen) atoms. The number of hydrogen-bond donors (Lipinski definition) is 0. The molecule has 0 N–H and O–H groups in total. The van der Waals surface area contributed by atoms with Gasteiger partial charge in [-0.1, -0.05) is 18.2 Å². The zero-order valence-electron chi connectivity index (χ0n) is 12.0. The lowest BCUT2D eigenvalue weighted by atomic mass is 9.93. The summed E-state index contributed by atoms with van der Waals surface area (Å²) >= 11 is 0. The van der Waals surface area contributed by atoms with E-state index in [0.29, 0.717) is 29.4 Å². The Balaban J connectivity index is 2.17. The molecule has 1 aliphatic carbocycles. The molecule has 2 heterocycles. The van der Waals surface area contributed by atoms with Gasteiger partial charge in [-0.05, 0) is 30.7 Å². The van der Waals surface area contributed by atoms with E-state index in [1.165, 1.54) is 0 Å². The van der Waals surface area contributed by atoms with Gasteiger partial charge >= 0.3 is 0 Å². The highest BCUT2D eigenvalue weighted by molar-refractivity contribution is 5.86. The molecule has 0 aliphatic heterocycles. The molecule has 2 aromatic heterocycles. The first-order chi connectivity index (χ1) is 10.8. The molecule has 0 bridgehead atoms. The maximum atomic E-state index is 12.7. The lowest BCUT2D eigenvalue weighted by molar-refractivity contribution is -0.118. The first-order valence-corrected chi connectivity index (χ1v) is 7.34. The van der Waals surface area contributed by atoms with Gasteiger partial charge in [0.15, 0.2) is 5.43 Å². The van der Waals surface area contributed by atoms with Crippen molar-refractivity contribution in [1.29, 1.82) is 0 Å². The molecule has 1 aromatic carbocycles. The largest absolute Gasteiger partial charge is 0.299 e. The molecule has 0 unspecified atom stereocenters. The van der Waals surface area contributed by atoms with Crippen LogP contribution in [0.5, 0.6) is 0 Å². The highest BCUT2D eigenvalue weighted by atomic mass is 16.1. The fourth-order valence-electron chi connectivity index (χ4n) is 3.15. The van der Waals surface area contributed by atoms with Crippen molar-refractivity contribution in [2.75, 3.05) is 0 Å². The summed E-state index contributed by atoms with van der Waals surface area (Å²) < 4.78 is 2.03. The number of carbonyl (C=O) groups excluding carboxylic acids is 1. The normalized spacial score (nSPS) is 14.1. The van der Waals surface area contributed by atoms with Crippen LogP contribution in [0.1, 0.15) is 17.7 Å². The van der Waals surface area contributed by atoms with Crippen molar-refractivity contribution in [2.24, 2.45) is 0 Å². The number of fused-ring (bicyclic) bond motifs is 2. The third-order valence-corrected chi connectivity index (χ3v) is 4.16. The number of ketones is 1. The van der Waals surface area contributed by atoms with Crippen molar-refractivity contribution >= 4 is 16.8 Å². The second-order valence-electron chi connectivity index (χ2n) is 5.52. The fourth-order valence-corrected chi connectivity index (χ4v) is 3.15. The predicted octanol–water partition coefficient (Wildman–Crippen LogP) is 2.44. The van der Waals surface area contributed by atoms with E-state index in [-0.39, 0.29) is 17.6 Å². The van der Waals surface area contributed by atoms with E-state index in [9.17, 15) is 9.59 Å². The third kappa shape index (κ3) is 1.88. The van der Waals surface area contributed by atoms with Gasteiger partial charge in [-0.3, -0.25) is 14.2 Å². The van der Waals surface area contributed by atoms with Crippen LogP contribution < -0.4 is 5.43 Å². The SMILES string of the molecule is O=C1CCc2c(c(=O)c3cccnc3n2-c2ccccc2)C1. The monoisotopic (exact) mass is 290 g/mol. The summed E-state index contributed by atoms with van der Waals surface area (Å²) in [6, 6.07) is 13.4. The summed E-state index contributed by atoms with van der Waals surface area (Å²) in [6.07, 6.45) is 3.00. The van der Waals surface area contributed by atoms with Crippen molar-refractivity contribution in [3.8, 4) is 5.69 Å². The Hall–Kier alpha value is -2.75. The maximum absolute atomic E-state index is 12.7. The fraction of sp³-hybridized carbons (Fsp3) is 0.167. The molecular formula is C18H14N2O2. The van der Waals surface area contributed by atoms with E-state index >= 15 is 0 Å². The zero-order chi connectivity index (χ0) is 15.1. The predicted molar refractivity (Wildman–Crippen MR) is 84.4 cm³/mol. The Labute approximate surface area is 127 Å². The first-order valence-electron chi connectivity index (χ1n) is 7.34. The highest BCUT2D eigenvalue weighted by Crippen LogP contribution is 2.24. The van der Waals surface area contributed by atoms with E-state index in [0.717, 1.165) is 11.4 Å². The van der Waals surface area contributed by atoms with Crippen LogP contribution in [0.25, 0.3) is 16.7 Å². The Morgan fingerprint density at radius 1 is 0.955 bits per heavy atom. The standard InChI is InChI=1S/C18H14N2O2/c21-13-8-9-16-15(11-13)17(22)14-7-4-10-19-18(14)20(16)12-5-2-1-3-6-12/h1-7,10H,8-9,11H2. The van der Waals surface area contributed by atoms with Gasteiger partial charge in [0.25, 0.3) is 0 Å². The summed E-state index contributed by atoms with van der Waals surface area (Å²) in [6.45, 7) is 0. The second kappa shape index (κ2) is 4.91. The van der Waals surface area contributed by atoms with Crippen molar-refractivity contribution in [3.05, 3.63) is 70.1 Å². The molecule has 0 saturated heterocycles.